The molecule has 0 radical (unpaired) electrons. The summed E-state index contributed by atoms with van der Waals surface area (Å²) >= 11 is 0. The van der Waals surface area contributed by atoms with Crippen molar-refractivity contribution in [1.82, 2.24) is 10.3 Å². The van der Waals surface area contributed by atoms with Crippen LogP contribution in [0.5, 0.6) is 5.75 Å². The van der Waals surface area contributed by atoms with Gasteiger partial charge in [-0.2, -0.15) is 0 Å². The van der Waals surface area contributed by atoms with Crippen molar-refractivity contribution >= 4 is 30.8 Å². The summed E-state index contributed by atoms with van der Waals surface area (Å²) in [4.78, 5) is 15.2. The van der Waals surface area contributed by atoms with Crippen molar-refractivity contribution in [2.24, 2.45) is 0 Å². The first-order chi connectivity index (χ1) is 14.6. The zero-order chi connectivity index (χ0) is 21.3. The molecule has 3 rings (SSSR count). The Morgan fingerprint density at radius 2 is 1.88 bits per heavy atom. The van der Waals surface area contributed by atoms with Gasteiger partial charge in [0.25, 0.3) is 0 Å². The average Bonchev–Trinajstić information content (AvgIpc) is 2.79. The summed E-state index contributed by atoms with van der Waals surface area (Å²) in [5.74, 6) is -0.434. The van der Waals surface area contributed by atoms with Gasteiger partial charge in [-0.15, -0.1) is 24.8 Å². The standard InChI is InChI=1S/C24H26N2O4.2ClH/c1-30-23-14-19(24(28)29)10-11-21(23)18-8-6-17(7-9-18)4-2-12-26-16-22(27)20-5-3-13-25-15-20;;/h3,5-11,13-15,22,26-27H,2,4,12,16H2,1H3,(H,28,29);2*1H/t22-;;/m1../s1. The van der Waals surface area contributed by atoms with E-state index in [0.29, 0.717) is 12.3 Å². The molecule has 3 N–H and O–H groups in total. The van der Waals surface area contributed by atoms with Crippen LogP contribution in [0, 0.1) is 0 Å². The largest absolute Gasteiger partial charge is 0.496 e. The number of benzene rings is 2. The van der Waals surface area contributed by atoms with Gasteiger partial charge in [-0.25, -0.2) is 4.79 Å². The summed E-state index contributed by atoms with van der Waals surface area (Å²) in [5, 5.41) is 22.5. The minimum Gasteiger partial charge on any atom is -0.496 e. The number of halogens is 2. The van der Waals surface area contributed by atoms with Gasteiger partial charge in [0.1, 0.15) is 5.75 Å². The molecule has 2 aromatic carbocycles. The third kappa shape index (κ3) is 7.50. The van der Waals surface area contributed by atoms with E-state index in [4.69, 9.17) is 9.84 Å². The second-order valence-electron chi connectivity index (χ2n) is 7.03. The summed E-state index contributed by atoms with van der Waals surface area (Å²) in [5.41, 5.74) is 4.07. The molecule has 0 aliphatic carbocycles. The zero-order valence-corrected chi connectivity index (χ0v) is 19.4. The summed E-state index contributed by atoms with van der Waals surface area (Å²) < 4.78 is 5.37. The Bertz CT molecular complexity index is 969. The lowest BCUT2D eigenvalue weighted by Crippen LogP contribution is -2.22. The van der Waals surface area contributed by atoms with E-state index in [1.54, 1.807) is 24.5 Å². The highest BCUT2D eigenvalue weighted by molar-refractivity contribution is 5.89. The Morgan fingerprint density at radius 3 is 2.50 bits per heavy atom. The Morgan fingerprint density at radius 1 is 1.12 bits per heavy atom. The molecule has 172 valence electrons. The van der Waals surface area contributed by atoms with E-state index in [-0.39, 0.29) is 30.4 Å². The molecular formula is C24H28Cl2N2O4. The highest BCUT2D eigenvalue weighted by Crippen LogP contribution is 2.31. The fraction of sp³-hybridized carbons (Fsp3) is 0.250. The maximum atomic E-state index is 11.1. The first kappa shape index (κ1) is 27.4. The molecule has 0 aliphatic heterocycles. The number of ether oxygens (including phenoxy) is 1. The van der Waals surface area contributed by atoms with Crippen LogP contribution in [0.25, 0.3) is 11.1 Å². The van der Waals surface area contributed by atoms with Crippen LogP contribution < -0.4 is 10.1 Å². The maximum Gasteiger partial charge on any atom is 0.335 e. The number of rotatable bonds is 10. The number of hydrogen-bond donors (Lipinski definition) is 3. The molecule has 1 heterocycles. The van der Waals surface area contributed by atoms with Crippen LogP contribution in [0.3, 0.4) is 0 Å². The topological polar surface area (TPSA) is 91.7 Å². The number of aromatic nitrogens is 1. The molecule has 0 fully saturated rings. The summed E-state index contributed by atoms with van der Waals surface area (Å²) in [6.07, 6.45) is 4.69. The maximum absolute atomic E-state index is 11.1. The van der Waals surface area contributed by atoms with Gasteiger partial charge in [0.15, 0.2) is 0 Å². The van der Waals surface area contributed by atoms with Crippen molar-refractivity contribution in [2.45, 2.75) is 18.9 Å². The van der Waals surface area contributed by atoms with Gasteiger partial charge < -0.3 is 20.3 Å². The lowest BCUT2D eigenvalue weighted by Gasteiger charge is -2.12. The molecule has 0 saturated heterocycles. The van der Waals surface area contributed by atoms with Gasteiger partial charge in [0.2, 0.25) is 0 Å². The first-order valence-electron chi connectivity index (χ1n) is 9.88. The molecule has 0 saturated carbocycles. The third-order valence-electron chi connectivity index (χ3n) is 4.94. The van der Waals surface area contributed by atoms with Crippen molar-refractivity contribution in [3.05, 3.63) is 83.7 Å². The van der Waals surface area contributed by atoms with Crippen LogP contribution in [0.15, 0.2) is 67.0 Å². The van der Waals surface area contributed by atoms with E-state index >= 15 is 0 Å². The Hall–Kier alpha value is -2.64. The van der Waals surface area contributed by atoms with Crippen LogP contribution in [0.2, 0.25) is 0 Å². The van der Waals surface area contributed by atoms with E-state index < -0.39 is 12.1 Å². The number of aliphatic hydroxyl groups excluding tert-OH is 1. The molecule has 0 unspecified atom stereocenters. The fourth-order valence-electron chi connectivity index (χ4n) is 3.26. The van der Waals surface area contributed by atoms with Crippen LogP contribution in [0.4, 0.5) is 0 Å². The lowest BCUT2D eigenvalue weighted by atomic mass is 10.00. The highest BCUT2D eigenvalue weighted by atomic mass is 35.5. The quantitative estimate of drug-likeness (QED) is 0.370. The van der Waals surface area contributed by atoms with Crippen LogP contribution in [-0.2, 0) is 6.42 Å². The van der Waals surface area contributed by atoms with Gasteiger partial charge in [0, 0.05) is 30.1 Å². The second kappa shape index (κ2) is 13.7. The van der Waals surface area contributed by atoms with E-state index in [1.165, 1.54) is 18.7 Å². The summed E-state index contributed by atoms with van der Waals surface area (Å²) in [6, 6.07) is 16.8. The highest BCUT2D eigenvalue weighted by Gasteiger charge is 2.11. The van der Waals surface area contributed by atoms with E-state index in [9.17, 15) is 9.90 Å². The number of aliphatic hydroxyl groups is 1. The van der Waals surface area contributed by atoms with E-state index in [2.05, 4.69) is 22.4 Å². The molecular weight excluding hydrogens is 451 g/mol. The monoisotopic (exact) mass is 478 g/mol. The average molecular weight is 479 g/mol. The van der Waals surface area contributed by atoms with Gasteiger partial charge in [0.05, 0.1) is 18.8 Å². The molecule has 8 heteroatoms. The summed E-state index contributed by atoms with van der Waals surface area (Å²) in [6.45, 7) is 1.31. The van der Waals surface area contributed by atoms with Crippen molar-refractivity contribution < 1.29 is 19.7 Å². The fourth-order valence-corrected chi connectivity index (χ4v) is 3.26. The number of aryl methyl sites for hydroxylation is 1. The number of carboxylic acids is 1. The molecule has 0 bridgehead atoms. The van der Waals surface area contributed by atoms with Crippen LogP contribution >= 0.6 is 24.8 Å². The predicted molar refractivity (Wildman–Crippen MR) is 130 cm³/mol. The number of nitrogens with zero attached hydrogens (tertiary/aromatic N) is 1. The normalized spacial score (nSPS) is 11.1. The Kier molecular flexibility index (Phi) is 11.7. The molecule has 6 nitrogen and oxygen atoms in total. The molecule has 0 aliphatic rings. The molecule has 1 atom stereocenters. The van der Waals surface area contributed by atoms with Gasteiger partial charge in [-0.3, -0.25) is 4.98 Å². The van der Waals surface area contributed by atoms with Crippen LogP contribution in [-0.4, -0.2) is 41.4 Å². The molecule has 32 heavy (non-hydrogen) atoms. The number of aromatic carboxylic acids is 1. The lowest BCUT2D eigenvalue weighted by molar-refractivity contribution is 0.0696. The molecule has 0 spiro atoms. The number of hydrogen-bond acceptors (Lipinski definition) is 5. The van der Waals surface area contributed by atoms with Gasteiger partial charge in [-0.05, 0) is 54.8 Å². The van der Waals surface area contributed by atoms with Gasteiger partial charge >= 0.3 is 5.97 Å². The number of pyridine rings is 1. The van der Waals surface area contributed by atoms with Gasteiger partial charge in [-0.1, -0.05) is 30.3 Å². The predicted octanol–water partition coefficient (Wildman–Crippen LogP) is 4.55. The van der Waals surface area contributed by atoms with Crippen molar-refractivity contribution in [3.8, 4) is 16.9 Å². The number of methoxy groups -OCH3 is 1. The number of nitrogens with one attached hydrogen (secondary N) is 1. The second-order valence-corrected chi connectivity index (χ2v) is 7.03. The molecule has 3 aromatic rings. The minimum absolute atomic E-state index is 0. The van der Waals surface area contributed by atoms with E-state index in [0.717, 1.165) is 36.1 Å². The van der Waals surface area contributed by atoms with Crippen molar-refractivity contribution in [3.63, 3.8) is 0 Å². The third-order valence-corrected chi connectivity index (χ3v) is 4.94. The Balaban J connectivity index is 0.00000256. The number of carbonyl (C=O) groups is 1. The van der Waals surface area contributed by atoms with Crippen molar-refractivity contribution in [2.75, 3.05) is 20.2 Å². The molecule has 1 aromatic heterocycles. The summed E-state index contributed by atoms with van der Waals surface area (Å²) in [7, 11) is 1.54. The SMILES string of the molecule is COc1cc(C(=O)O)ccc1-c1ccc(CCCNC[C@@H](O)c2cccnc2)cc1.Cl.Cl. The zero-order valence-electron chi connectivity index (χ0n) is 17.7. The van der Waals surface area contributed by atoms with Crippen LogP contribution in [0.1, 0.15) is 34.0 Å². The first-order valence-corrected chi connectivity index (χ1v) is 9.88. The van der Waals surface area contributed by atoms with Crippen molar-refractivity contribution in [1.29, 1.82) is 0 Å². The minimum atomic E-state index is -0.975. The molecule has 0 amide bonds. The number of carboxylic acid groups (broad SMARTS) is 1. The smallest absolute Gasteiger partial charge is 0.335 e. The van der Waals surface area contributed by atoms with E-state index in [1.807, 2.05) is 24.3 Å². The Labute approximate surface area is 200 Å².